The van der Waals surface area contributed by atoms with Crippen molar-refractivity contribution in [2.24, 2.45) is 0 Å². The Bertz CT molecular complexity index is 1080. The Hall–Kier alpha value is -3.12. The fraction of sp³-hybridized carbons (Fsp3) is 0.320. The van der Waals surface area contributed by atoms with E-state index in [0.717, 1.165) is 22.6 Å². The number of halogens is 1. The lowest BCUT2D eigenvalue weighted by Gasteiger charge is -2.24. The summed E-state index contributed by atoms with van der Waals surface area (Å²) in [6.07, 6.45) is 0. The van der Waals surface area contributed by atoms with Gasteiger partial charge in [0.1, 0.15) is 24.7 Å². The third-order valence-corrected chi connectivity index (χ3v) is 5.18. The highest BCUT2D eigenvalue weighted by molar-refractivity contribution is 6.30. The third kappa shape index (κ3) is 6.20. The number of esters is 1. The van der Waals surface area contributed by atoms with Crippen molar-refractivity contribution in [1.82, 2.24) is 9.97 Å². The minimum absolute atomic E-state index is 0.0447. The van der Waals surface area contributed by atoms with Crippen LogP contribution >= 0.6 is 11.6 Å². The second kappa shape index (κ2) is 10.0. The number of ether oxygens (including phenoxy) is 3. The second-order valence-corrected chi connectivity index (χ2v) is 8.44. The van der Waals surface area contributed by atoms with Crippen molar-refractivity contribution in [2.45, 2.75) is 53.4 Å². The quantitative estimate of drug-likeness (QED) is 0.416. The second-order valence-electron chi connectivity index (χ2n) is 8.00. The van der Waals surface area contributed by atoms with Crippen molar-refractivity contribution in [3.05, 3.63) is 81.9 Å². The molecule has 6 nitrogen and oxygen atoms in total. The number of aryl methyl sites for hydroxylation is 3. The maximum Gasteiger partial charge on any atom is 0.350 e. The molecule has 0 spiro atoms. The molecular weight excluding hydrogens is 428 g/mol. The fourth-order valence-electron chi connectivity index (χ4n) is 2.89. The number of nitrogens with zero attached hydrogens (tertiary/aromatic N) is 2. The number of rotatable bonds is 8. The van der Waals surface area contributed by atoms with Crippen LogP contribution in [0.4, 0.5) is 0 Å². The summed E-state index contributed by atoms with van der Waals surface area (Å²) in [5.41, 5.74) is 2.90. The van der Waals surface area contributed by atoms with Gasteiger partial charge in [0.25, 0.3) is 0 Å². The molecular formula is C25H27ClN2O4. The number of benzene rings is 2. The van der Waals surface area contributed by atoms with Gasteiger partial charge in [-0.25, -0.2) is 4.79 Å². The molecule has 0 unspecified atom stereocenters. The highest BCUT2D eigenvalue weighted by atomic mass is 35.5. The van der Waals surface area contributed by atoms with Crippen LogP contribution in [0, 0.1) is 20.8 Å². The Morgan fingerprint density at radius 2 is 1.44 bits per heavy atom. The van der Waals surface area contributed by atoms with Gasteiger partial charge in [-0.05, 0) is 76.6 Å². The SMILES string of the molecule is Cc1nc(C)c(COC(=O)C(C)(C)Oc2ccc(OCc3ccc(Cl)cc3)cc2)nc1C. The monoisotopic (exact) mass is 454 g/mol. The van der Waals surface area contributed by atoms with Crippen LogP contribution in [0.5, 0.6) is 11.5 Å². The van der Waals surface area contributed by atoms with Gasteiger partial charge in [-0.15, -0.1) is 0 Å². The highest BCUT2D eigenvalue weighted by Gasteiger charge is 2.32. The van der Waals surface area contributed by atoms with Gasteiger partial charge < -0.3 is 14.2 Å². The van der Waals surface area contributed by atoms with E-state index in [0.29, 0.717) is 28.8 Å². The van der Waals surface area contributed by atoms with Crippen molar-refractivity contribution in [3.8, 4) is 11.5 Å². The van der Waals surface area contributed by atoms with Gasteiger partial charge >= 0.3 is 5.97 Å². The van der Waals surface area contributed by atoms with Crippen molar-refractivity contribution in [1.29, 1.82) is 0 Å². The van der Waals surface area contributed by atoms with E-state index < -0.39 is 11.6 Å². The van der Waals surface area contributed by atoms with Gasteiger partial charge in [0.15, 0.2) is 5.60 Å². The largest absolute Gasteiger partial charge is 0.489 e. The van der Waals surface area contributed by atoms with Crippen LogP contribution in [0.1, 0.15) is 42.2 Å². The van der Waals surface area contributed by atoms with Gasteiger partial charge in [-0.3, -0.25) is 9.97 Å². The molecule has 3 rings (SSSR count). The van der Waals surface area contributed by atoms with E-state index in [2.05, 4.69) is 9.97 Å². The lowest BCUT2D eigenvalue weighted by Crippen LogP contribution is -2.39. The van der Waals surface area contributed by atoms with Gasteiger partial charge in [0.2, 0.25) is 0 Å². The first-order valence-corrected chi connectivity index (χ1v) is 10.7. The maximum absolute atomic E-state index is 12.6. The predicted molar refractivity (Wildman–Crippen MR) is 123 cm³/mol. The van der Waals surface area contributed by atoms with E-state index in [1.807, 2.05) is 45.0 Å². The topological polar surface area (TPSA) is 70.5 Å². The molecule has 0 N–H and O–H groups in total. The van der Waals surface area contributed by atoms with Crippen molar-refractivity contribution >= 4 is 17.6 Å². The van der Waals surface area contributed by atoms with E-state index in [-0.39, 0.29) is 6.61 Å². The van der Waals surface area contributed by atoms with E-state index in [1.54, 1.807) is 38.1 Å². The molecule has 32 heavy (non-hydrogen) atoms. The summed E-state index contributed by atoms with van der Waals surface area (Å²) in [6.45, 7) is 9.43. The lowest BCUT2D eigenvalue weighted by atomic mass is 10.1. The number of hydrogen-bond acceptors (Lipinski definition) is 6. The lowest BCUT2D eigenvalue weighted by molar-refractivity contribution is -0.160. The molecule has 0 aliphatic heterocycles. The standard InChI is InChI=1S/C25H27ClN2O4/c1-16-17(2)28-23(18(3)27-16)15-31-24(29)25(4,5)32-22-12-10-21(11-13-22)30-14-19-6-8-20(26)9-7-19/h6-13H,14-15H2,1-5H3. The zero-order valence-corrected chi connectivity index (χ0v) is 19.7. The minimum atomic E-state index is -1.17. The molecule has 0 saturated heterocycles. The normalized spacial score (nSPS) is 11.2. The summed E-state index contributed by atoms with van der Waals surface area (Å²) in [5, 5.41) is 0.688. The molecule has 1 heterocycles. The van der Waals surface area contributed by atoms with E-state index in [1.165, 1.54) is 0 Å². The van der Waals surface area contributed by atoms with Crippen LogP contribution in [0.15, 0.2) is 48.5 Å². The fourth-order valence-corrected chi connectivity index (χ4v) is 3.02. The first-order valence-electron chi connectivity index (χ1n) is 10.3. The summed E-state index contributed by atoms with van der Waals surface area (Å²) >= 11 is 5.90. The summed E-state index contributed by atoms with van der Waals surface area (Å²) in [6, 6.07) is 14.6. The van der Waals surface area contributed by atoms with Gasteiger partial charge in [-0.2, -0.15) is 0 Å². The van der Waals surface area contributed by atoms with Gasteiger partial charge in [0, 0.05) is 5.02 Å². The van der Waals surface area contributed by atoms with Crippen LogP contribution in [-0.2, 0) is 22.7 Å². The summed E-state index contributed by atoms with van der Waals surface area (Å²) in [7, 11) is 0. The molecule has 3 aromatic rings. The van der Waals surface area contributed by atoms with E-state index in [4.69, 9.17) is 25.8 Å². The molecule has 0 amide bonds. The minimum Gasteiger partial charge on any atom is -0.489 e. The van der Waals surface area contributed by atoms with Crippen molar-refractivity contribution in [3.63, 3.8) is 0 Å². The molecule has 0 aliphatic carbocycles. The Morgan fingerprint density at radius 1 is 0.844 bits per heavy atom. The van der Waals surface area contributed by atoms with Crippen LogP contribution in [0.3, 0.4) is 0 Å². The molecule has 0 fully saturated rings. The summed E-state index contributed by atoms with van der Waals surface area (Å²) in [4.78, 5) is 21.5. The zero-order chi connectivity index (χ0) is 23.3. The number of carbonyl (C=O) groups is 1. The molecule has 0 aliphatic rings. The molecule has 2 aromatic carbocycles. The molecule has 1 aromatic heterocycles. The van der Waals surface area contributed by atoms with Gasteiger partial charge in [-0.1, -0.05) is 23.7 Å². The molecule has 168 valence electrons. The Morgan fingerprint density at radius 3 is 2.09 bits per heavy atom. The maximum atomic E-state index is 12.6. The molecule has 0 radical (unpaired) electrons. The summed E-state index contributed by atoms with van der Waals surface area (Å²) < 4.78 is 17.1. The Labute approximate surface area is 193 Å². The predicted octanol–water partition coefficient (Wildman–Crippen LogP) is 5.54. The molecule has 0 atom stereocenters. The van der Waals surface area contributed by atoms with Crippen molar-refractivity contribution < 1.29 is 19.0 Å². The number of aromatic nitrogens is 2. The summed E-state index contributed by atoms with van der Waals surface area (Å²) in [5.74, 6) is 0.740. The molecule has 7 heteroatoms. The molecule has 0 saturated carbocycles. The van der Waals surface area contributed by atoms with Crippen LogP contribution in [0.2, 0.25) is 5.02 Å². The molecule has 0 bridgehead atoms. The third-order valence-electron chi connectivity index (χ3n) is 4.93. The Balaban J connectivity index is 1.55. The average Bonchev–Trinajstić information content (AvgIpc) is 2.75. The Kier molecular flexibility index (Phi) is 7.36. The van der Waals surface area contributed by atoms with E-state index in [9.17, 15) is 4.79 Å². The van der Waals surface area contributed by atoms with E-state index >= 15 is 0 Å². The van der Waals surface area contributed by atoms with Crippen molar-refractivity contribution in [2.75, 3.05) is 0 Å². The average molecular weight is 455 g/mol. The smallest absolute Gasteiger partial charge is 0.350 e. The van der Waals surface area contributed by atoms with Crippen LogP contribution in [0.25, 0.3) is 0 Å². The van der Waals surface area contributed by atoms with Crippen LogP contribution < -0.4 is 9.47 Å². The highest BCUT2D eigenvalue weighted by Crippen LogP contribution is 2.24. The number of hydrogen-bond donors (Lipinski definition) is 0. The first kappa shape index (κ1) is 23.5. The first-order chi connectivity index (χ1) is 15.1. The zero-order valence-electron chi connectivity index (χ0n) is 18.9. The van der Waals surface area contributed by atoms with Crippen LogP contribution in [-0.4, -0.2) is 21.5 Å². The number of carbonyl (C=O) groups excluding carboxylic acids is 1. The van der Waals surface area contributed by atoms with Gasteiger partial charge in [0.05, 0.1) is 22.8 Å².